The van der Waals surface area contributed by atoms with Crippen LogP contribution in [0.15, 0.2) is 48.5 Å². The number of nitrogens with one attached hydrogen (secondary N) is 2. The summed E-state index contributed by atoms with van der Waals surface area (Å²) < 4.78 is 0. The molecule has 3 aromatic rings. The Hall–Kier alpha value is -3.00. The lowest BCUT2D eigenvalue weighted by Crippen LogP contribution is -2.15. The van der Waals surface area contributed by atoms with Gasteiger partial charge >= 0.3 is 0 Å². The molecule has 0 saturated carbocycles. The molecule has 3 aromatic carbocycles. The summed E-state index contributed by atoms with van der Waals surface area (Å²) in [5.74, 6) is 0.276. The van der Waals surface area contributed by atoms with Crippen molar-refractivity contribution in [1.82, 2.24) is 0 Å². The molecule has 0 spiro atoms. The molecule has 0 amide bonds. The van der Waals surface area contributed by atoms with Crippen LogP contribution < -0.4 is 0 Å². The summed E-state index contributed by atoms with van der Waals surface area (Å²) in [5.41, 5.74) is 12.2. The van der Waals surface area contributed by atoms with Crippen LogP contribution in [0, 0.1) is 45.4 Å². The number of benzene rings is 3. The first-order valence-electron chi connectivity index (χ1n) is 11.0. The maximum absolute atomic E-state index is 8.67. The maximum atomic E-state index is 8.67. The van der Waals surface area contributed by atoms with Crippen molar-refractivity contribution in [2.24, 2.45) is 0 Å². The third-order valence-electron chi connectivity index (χ3n) is 6.18. The highest BCUT2D eigenvalue weighted by Gasteiger charge is 2.23. The zero-order chi connectivity index (χ0) is 22.9. The lowest BCUT2D eigenvalue weighted by atomic mass is 9.79. The van der Waals surface area contributed by atoms with Gasteiger partial charge in [-0.2, -0.15) is 0 Å². The van der Waals surface area contributed by atoms with Crippen molar-refractivity contribution in [3.05, 3.63) is 104 Å². The Morgan fingerprint density at radius 3 is 1.26 bits per heavy atom. The summed E-state index contributed by atoms with van der Waals surface area (Å²) in [6, 6.07) is 17.8. The van der Waals surface area contributed by atoms with Crippen molar-refractivity contribution in [2.45, 2.75) is 60.3 Å². The Balaban J connectivity index is 2.24. The summed E-state index contributed by atoms with van der Waals surface area (Å²) in [4.78, 5) is 0. The molecule has 3 rings (SSSR count). The minimum atomic E-state index is 0.138. The highest BCUT2D eigenvalue weighted by molar-refractivity contribution is 6.36. The van der Waals surface area contributed by atoms with Crippen LogP contribution in [0.3, 0.4) is 0 Å². The van der Waals surface area contributed by atoms with Gasteiger partial charge in [0, 0.05) is 23.6 Å². The van der Waals surface area contributed by atoms with Gasteiger partial charge in [0.25, 0.3) is 0 Å². The van der Waals surface area contributed by atoms with Crippen LogP contribution in [0.5, 0.6) is 0 Å². The van der Waals surface area contributed by atoms with E-state index >= 15 is 0 Å². The highest BCUT2D eigenvalue weighted by Crippen LogP contribution is 2.36. The van der Waals surface area contributed by atoms with Gasteiger partial charge in [0.15, 0.2) is 0 Å². The average Bonchev–Trinajstić information content (AvgIpc) is 2.70. The normalized spacial score (nSPS) is 13.0. The Bertz CT molecular complexity index is 1030. The van der Waals surface area contributed by atoms with Gasteiger partial charge in [-0.15, -0.1) is 0 Å². The van der Waals surface area contributed by atoms with Gasteiger partial charge in [-0.1, -0.05) is 90.2 Å². The molecule has 160 valence electrons. The molecule has 0 aromatic heterocycles. The SMILES string of the molecule is Cc1cc(C)cc([C@@H](C)c2cc(C)cc([C@H](C)c3cc(C)cc(C)c3)c2C(=N)C=N)c1. The molecule has 0 aliphatic rings. The van der Waals surface area contributed by atoms with Crippen LogP contribution in [-0.4, -0.2) is 11.9 Å². The van der Waals surface area contributed by atoms with Gasteiger partial charge in [0.1, 0.15) is 0 Å². The molecule has 0 bridgehead atoms. The van der Waals surface area contributed by atoms with Gasteiger partial charge in [-0.3, -0.25) is 5.41 Å². The lowest BCUT2D eigenvalue weighted by Gasteiger charge is -2.25. The fraction of sp³-hybridized carbons (Fsp3) is 0.310. The molecule has 0 radical (unpaired) electrons. The van der Waals surface area contributed by atoms with E-state index < -0.39 is 0 Å². The molecule has 31 heavy (non-hydrogen) atoms. The van der Waals surface area contributed by atoms with E-state index in [4.69, 9.17) is 10.8 Å². The van der Waals surface area contributed by atoms with Crippen LogP contribution >= 0.6 is 0 Å². The van der Waals surface area contributed by atoms with E-state index in [9.17, 15) is 0 Å². The molecule has 2 atom stereocenters. The monoisotopic (exact) mass is 410 g/mol. The molecule has 2 nitrogen and oxygen atoms in total. The topological polar surface area (TPSA) is 47.7 Å². The standard InChI is InChI=1S/C29H34N2/c1-17-8-18(2)11-24(10-17)22(6)26-14-21(5)15-27(29(26)28(31)16-30)23(7)25-12-19(3)9-20(4)13-25/h8-16,22-23,30-31H,1-7H3/t22-,23-/m1/s1. The van der Waals surface area contributed by atoms with Crippen LogP contribution in [0.25, 0.3) is 0 Å². The Morgan fingerprint density at radius 1 is 0.613 bits per heavy atom. The molecule has 0 heterocycles. The van der Waals surface area contributed by atoms with Crippen LogP contribution in [-0.2, 0) is 0 Å². The molecule has 0 saturated heterocycles. The first-order valence-corrected chi connectivity index (χ1v) is 11.0. The third kappa shape index (κ3) is 4.85. The fourth-order valence-corrected chi connectivity index (χ4v) is 4.79. The number of rotatable bonds is 6. The summed E-state index contributed by atoms with van der Waals surface area (Å²) in [7, 11) is 0. The fourth-order valence-electron chi connectivity index (χ4n) is 4.79. The average molecular weight is 411 g/mol. The van der Waals surface area contributed by atoms with Crippen LogP contribution in [0.4, 0.5) is 0 Å². The second-order valence-electron chi connectivity index (χ2n) is 9.16. The van der Waals surface area contributed by atoms with E-state index in [1.54, 1.807) is 0 Å². The molecule has 2 heteroatoms. The summed E-state index contributed by atoms with van der Waals surface area (Å²) in [6.45, 7) is 15.1. The molecule has 0 unspecified atom stereocenters. The Labute approximate surface area is 187 Å². The van der Waals surface area contributed by atoms with Gasteiger partial charge in [0.05, 0.1) is 5.71 Å². The maximum Gasteiger partial charge on any atom is 0.0793 e. The van der Waals surface area contributed by atoms with Gasteiger partial charge in [0.2, 0.25) is 0 Å². The van der Waals surface area contributed by atoms with Crippen molar-refractivity contribution in [3.8, 4) is 0 Å². The quantitative estimate of drug-likeness (QED) is 0.394. The second kappa shape index (κ2) is 9.01. The van der Waals surface area contributed by atoms with E-state index in [1.807, 2.05) is 0 Å². The largest absolute Gasteiger partial charge is 0.307 e. The minimum Gasteiger partial charge on any atom is -0.307 e. The predicted octanol–water partition coefficient (Wildman–Crippen LogP) is 7.55. The summed E-state index contributed by atoms with van der Waals surface area (Å²) in [6.07, 6.45) is 1.18. The molecule has 2 N–H and O–H groups in total. The van der Waals surface area contributed by atoms with Crippen molar-refractivity contribution in [3.63, 3.8) is 0 Å². The zero-order valence-electron chi connectivity index (χ0n) is 19.9. The van der Waals surface area contributed by atoms with Crippen molar-refractivity contribution < 1.29 is 0 Å². The third-order valence-corrected chi connectivity index (χ3v) is 6.18. The van der Waals surface area contributed by atoms with E-state index in [2.05, 4.69) is 97.0 Å². The number of aryl methyl sites for hydroxylation is 5. The molecule has 0 aliphatic heterocycles. The molecule has 0 fully saturated rings. The van der Waals surface area contributed by atoms with Gasteiger partial charge < -0.3 is 5.41 Å². The van der Waals surface area contributed by atoms with Crippen molar-refractivity contribution >= 4 is 11.9 Å². The second-order valence-corrected chi connectivity index (χ2v) is 9.16. The van der Waals surface area contributed by atoms with E-state index in [1.165, 1.54) is 45.2 Å². The van der Waals surface area contributed by atoms with Gasteiger partial charge in [-0.05, 0) is 56.9 Å². The number of hydrogen-bond donors (Lipinski definition) is 2. The minimum absolute atomic E-state index is 0.138. The lowest BCUT2D eigenvalue weighted by molar-refractivity contribution is 0.874. The van der Waals surface area contributed by atoms with Gasteiger partial charge in [-0.25, -0.2) is 0 Å². The Morgan fingerprint density at radius 2 is 0.935 bits per heavy atom. The van der Waals surface area contributed by atoms with E-state index in [-0.39, 0.29) is 17.5 Å². The Kier molecular flexibility index (Phi) is 6.59. The van der Waals surface area contributed by atoms with E-state index in [0.29, 0.717) is 0 Å². The predicted molar refractivity (Wildman–Crippen MR) is 134 cm³/mol. The van der Waals surface area contributed by atoms with Crippen molar-refractivity contribution in [1.29, 1.82) is 10.8 Å². The smallest absolute Gasteiger partial charge is 0.0793 e. The van der Waals surface area contributed by atoms with Crippen molar-refractivity contribution in [2.75, 3.05) is 0 Å². The molecule has 0 aliphatic carbocycles. The molecular weight excluding hydrogens is 376 g/mol. The first-order chi connectivity index (χ1) is 14.6. The molecular formula is C29H34N2. The highest BCUT2D eigenvalue weighted by atomic mass is 14.5. The van der Waals surface area contributed by atoms with Crippen LogP contribution in [0.2, 0.25) is 0 Å². The summed E-state index contributed by atoms with van der Waals surface area (Å²) in [5, 5.41) is 16.5. The first kappa shape index (κ1) is 22.7. The van der Waals surface area contributed by atoms with E-state index in [0.717, 1.165) is 16.7 Å². The van der Waals surface area contributed by atoms with Crippen LogP contribution in [0.1, 0.15) is 81.3 Å². The zero-order valence-corrected chi connectivity index (χ0v) is 19.9. The summed E-state index contributed by atoms with van der Waals surface area (Å²) >= 11 is 0. The number of hydrogen-bond acceptors (Lipinski definition) is 2.